The Kier molecular flexibility index (Phi) is 8.85. The summed E-state index contributed by atoms with van der Waals surface area (Å²) >= 11 is 0. The van der Waals surface area contributed by atoms with Crippen molar-refractivity contribution in [1.29, 1.82) is 0 Å². The van der Waals surface area contributed by atoms with Gasteiger partial charge in [-0.2, -0.15) is 13.2 Å². The molecule has 3 N–H and O–H groups in total. The van der Waals surface area contributed by atoms with Crippen LogP contribution >= 0.6 is 0 Å². The molecule has 0 unspecified atom stereocenters. The van der Waals surface area contributed by atoms with Crippen molar-refractivity contribution in [2.75, 3.05) is 36.6 Å². The minimum atomic E-state index is -4.54. The first-order valence-electron chi connectivity index (χ1n) is 14.8. The van der Waals surface area contributed by atoms with Crippen molar-refractivity contribution in [3.63, 3.8) is 0 Å². The van der Waals surface area contributed by atoms with E-state index < -0.39 is 17.8 Å². The van der Waals surface area contributed by atoms with Crippen LogP contribution in [0.1, 0.15) is 11.1 Å². The normalized spacial score (nSPS) is 11.5. The van der Waals surface area contributed by atoms with E-state index in [1.807, 2.05) is 50.5 Å². The number of para-hydroxylation sites is 1. The Balaban J connectivity index is 1.36. The molecule has 3 heterocycles. The highest BCUT2D eigenvalue weighted by molar-refractivity contribution is 6.00. The van der Waals surface area contributed by atoms with Gasteiger partial charge in [0.05, 0.1) is 22.6 Å². The van der Waals surface area contributed by atoms with Crippen LogP contribution in [0.25, 0.3) is 28.3 Å². The number of aromatic nitrogens is 4. The lowest BCUT2D eigenvalue weighted by molar-refractivity contribution is -0.137. The molecule has 2 amide bonds. The van der Waals surface area contributed by atoms with Gasteiger partial charge in [0.1, 0.15) is 5.65 Å². The Hall–Kier alpha value is -5.75. The first kappa shape index (κ1) is 31.2. The second kappa shape index (κ2) is 13.3. The molecule has 0 fully saturated rings. The highest BCUT2D eigenvalue weighted by Gasteiger charge is 2.31. The number of nitrogens with one attached hydrogen (secondary N) is 3. The maximum atomic E-state index is 13.7. The third-order valence-corrected chi connectivity index (χ3v) is 7.31. The Morgan fingerprint density at radius 2 is 1.57 bits per heavy atom. The minimum absolute atomic E-state index is 0.0896. The van der Waals surface area contributed by atoms with E-state index in [0.29, 0.717) is 40.0 Å². The van der Waals surface area contributed by atoms with Crippen LogP contribution in [0.5, 0.6) is 0 Å². The number of amides is 2. The first-order valence-corrected chi connectivity index (χ1v) is 14.8. The number of rotatable bonds is 9. The number of hydrogen-bond donors (Lipinski definition) is 3. The highest BCUT2D eigenvalue weighted by atomic mass is 19.4. The van der Waals surface area contributed by atoms with Crippen LogP contribution in [0.2, 0.25) is 0 Å². The van der Waals surface area contributed by atoms with E-state index in [-0.39, 0.29) is 5.65 Å². The van der Waals surface area contributed by atoms with Gasteiger partial charge in [0.15, 0.2) is 0 Å². The second-order valence-corrected chi connectivity index (χ2v) is 11.1. The lowest BCUT2D eigenvalue weighted by Crippen LogP contribution is -2.19. The van der Waals surface area contributed by atoms with E-state index in [9.17, 15) is 18.0 Å². The molecule has 0 saturated heterocycles. The number of benzene rings is 3. The third kappa shape index (κ3) is 7.56. The van der Waals surface area contributed by atoms with Crippen LogP contribution in [0, 0.1) is 0 Å². The summed E-state index contributed by atoms with van der Waals surface area (Å²) in [5.41, 5.74) is 4.16. The zero-order valence-electron chi connectivity index (χ0n) is 25.6. The molecule has 6 aromatic rings. The molecule has 0 saturated carbocycles. The maximum Gasteiger partial charge on any atom is 0.416 e. The van der Waals surface area contributed by atoms with E-state index in [1.165, 1.54) is 6.20 Å². The van der Waals surface area contributed by atoms with Crippen molar-refractivity contribution >= 4 is 34.7 Å². The molecule has 47 heavy (non-hydrogen) atoms. The monoisotopic (exact) mass is 636 g/mol. The van der Waals surface area contributed by atoms with Crippen molar-refractivity contribution in [2.45, 2.75) is 12.6 Å². The summed E-state index contributed by atoms with van der Waals surface area (Å²) in [7, 11) is 4.05. The fourth-order valence-corrected chi connectivity index (χ4v) is 5.06. The van der Waals surface area contributed by atoms with Gasteiger partial charge in [-0.15, -0.1) is 0 Å². The summed E-state index contributed by atoms with van der Waals surface area (Å²) in [6, 6.07) is 27.1. The lowest BCUT2D eigenvalue weighted by atomic mass is 10.1. The Bertz CT molecular complexity index is 2030. The van der Waals surface area contributed by atoms with E-state index in [1.54, 1.807) is 53.1 Å². The smallest absolute Gasteiger partial charge is 0.324 e. The number of imidazole rings is 1. The molecule has 3 aromatic carbocycles. The highest BCUT2D eigenvalue weighted by Crippen LogP contribution is 2.36. The van der Waals surface area contributed by atoms with Gasteiger partial charge in [-0.3, -0.25) is 4.40 Å². The van der Waals surface area contributed by atoms with Crippen LogP contribution in [0.4, 0.5) is 41.0 Å². The van der Waals surface area contributed by atoms with Crippen molar-refractivity contribution in [1.82, 2.24) is 24.3 Å². The van der Waals surface area contributed by atoms with Crippen LogP contribution in [-0.2, 0) is 12.6 Å². The average Bonchev–Trinajstić information content (AvgIpc) is 3.43. The minimum Gasteiger partial charge on any atom is -0.324 e. The number of fused-ring (bicyclic) bond motifs is 1. The predicted octanol–water partition coefficient (Wildman–Crippen LogP) is 7.97. The van der Waals surface area contributed by atoms with Gasteiger partial charge < -0.3 is 20.9 Å². The number of likely N-dealkylation sites (N-methyl/N-ethyl adjacent to an activating group) is 1. The van der Waals surface area contributed by atoms with Crippen molar-refractivity contribution in [3.8, 4) is 22.6 Å². The fourth-order valence-electron chi connectivity index (χ4n) is 5.06. The van der Waals surface area contributed by atoms with E-state index in [2.05, 4.69) is 36.9 Å². The molecule has 0 spiro atoms. The number of halogens is 3. The number of carbonyl (C=O) groups is 1. The summed E-state index contributed by atoms with van der Waals surface area (Å²) in [5, 5.41) is 8.83. The van der Waals surface area contributed by atoms with Gasteiger partial charge in [-0.05, 0) is 80.7 Å². The van der Waals surface area contributed by atoms with Gasteiger partial charge in [0.25, 0.3) is 0 Å². The summed E-state index contributed by atoms with van der Waals surface area (Å²) < 4.78 is 42.6. The molecule has 0 atom stereocenters. The Labute approximate surface area is 269 Å². The molecular formula is C35H31F3N8O. The van der Waals surface area contributed by atoms with Gasteiger partial charge in [-0.25, -0.2) is 19.7 Å². The van der Waals surface area contributed by atoms with Gasteiger partial charge >= 0.3 is 12.2 Å². The van der Waals surface area contributed by atoms with Crippen LogP contribution < -0.4 is 16.0 Å². The van der Waals surface area contributed by atoms with Crippen molar-refractivity contribution < 1.29 is 18.0 Å². The van der Waals surface area contributed by atoms with E-state index in [0.717, 1.165) is 36.3 Å². The van der Waals surface area contributed by atoms with Crippen molar-refractivity contribution in [3.05, 3.63) is 121 Å². The Morgan fingerprint density at radius 1 is 0.830 bits per heavy atom. The molecule has 3 aromatic heterocycles. The van der Waals surface area contributed by atoms with E-state index >= 15 is 0 Å². The number of hydrogen-bond acceptors (Lipinski definition) is 6. The largest absolute Gasteiger partial charge is 0.416 e. The third-order valence-electron chi connectivity index (χ3n) is 7.31. The standard InChI is InChI=1S/C35H31F3N8O/c1-45(2)18-15-23-8-6-12-27(20-23)40-33-39-17-14-29(43-33)32-31(44-30-22-25(35(36,37)38)16-19-46(30)32)24-9-7-13-28(21-24)42-34(47)41-26-10-4-3-5-11-26/h3-14,16-17,19-22H,15,18H2,1-2H3,(H,39,40,43)(H2,41,42,47). The molecule has 6 rings (SSSR count). The summed E-state index contributed by atoms with van der Waals surface area (Å²) in [6.07, 6.45) is -0.754. The SMILES string of the molecule is CN(C)CCc1cccc(Nc2nccc(-c3c(-c4cccc(NC(=O)Nc5ccccc5)c4)nc4cc(C(F)(F)F)ccn34)n2)c1. The molecule has 0 aliphatic heterocycles. The molecule has 9 nitrogen and oxygen atoms in total. The summed E-state index contributed by atoms with van der Waals surface area (Å²) in [4.78, 5) is 28.6. The van der Waals surface area contributed by atoms with Crippen LogP contribution in [0.15, 0.2) is 109 Å². The van der Waals surface area contributed by atoms with Gasteiger partial charge in [-0.1, -0.05) is 42.5 Å². The quantitative estimate of drug-likeness (QED) is 0.149. The summed E-state index contributed by atoms with van der Waals surface area (Å²) in [5.74, 6) is 0.313. The number of alkyl halides is 3. The zero-order chi connectivity index (χ0) is 33.0. The van der Waals surface area contributed by atoms with E-state index in [4.69, 9.17) is 4.98 Å². The van der Waals surface area contributed by atoms with Crippen LogP contribution in [-0.4, -0.2) is 50.9 Å². The maximum absolute atomic E-state index is 13.7. The van der Waals surface area contributed by atoms with Crippen molar-refractivity contribution in [2.24, 2.45) is 0 Å². The average molecular weight is 637 g/mol. The zero-order valence-corrected chi connectivity index (χ0v) is 25.6. The molecule has 0 radical (unpaired) electrons. The Morgan fingerprint density at radius 3 is 2.36 bits per heavy atom. The predicted molar refractivity (Wildman–Crippen MR) is 178 cm³/mol. The van der Waals surface area contributed by atoms with Gasteiger partial charge in [0.2, 0.25) is 5.95 Å². The second-order valence-electron chi connectivity index (χ2n) is 11.1. The molecule has 0 aliphatic carbocycles. The molecule has 0 bridgehead atoms. The van der Waals surface area contributed by atoms with Gasteiger partial charge in [0, 0.05) is 41.6 Å². The molecule has 12 heteroatoms. The topological polar surface area (TPSA) is 99.5 Å². The molecular weight excluding hydrogens is 605 g/mol. The molecule has 0 aliphatic rings. The number of urea groups is 1. The lowest BCUT2D eigenvalue weighted by Gasteiger charge is -2.12. The first-order chi connectivity index (χ1) is 22.6. The molecule has 238 valence electrons. The number of pyridine rings is 1. The number of nitrogens with zero attached hydrogens (tertiary/aromatic N) is 5. The number of anilines is 4. The fraction of sp³-hybridized carbons (Fsp3) is 0.143. The summed E-state index contributed by atoms with van der Waals surface area (Å²) in [6.45, 7) is 0.900. The van der Waals surface area contributed by atoms with Crippen LogP contribution in [0.3, 0.4) is 0 Å². The number of carbonyl (C=O) groups excluding carboxylic acids is 1.